The molecule has 0 amide bonds. The molecule has 1 radical (unpaired) electrons. The maximum Gasteiger partial charge on any atom is 0.263 e. The topological polar surface area (TPSA) is 69.2 Å². The van der Waals surface area contributed by atoms with Crippen LogP contribution in [-0.2, 0) is 0 Å². The maximum absolute atomic E-state index is 10.4. The standard InChI is InChI=1S/C7H8BN2O2/c1-8-6-4-5(9)2-3-7(6)10(11)12/h2-4H,9H2,1H3. The Morgan fingerprint density at radius 1 is 1.58 bits per heavy atom. The van der Waals surface area contributed by atoms with Gasteiger partial charge in [-0.15, -0.1) is 0 Å². The van der Waals surface area contributed by atoms with Crippen LogP contribution in [0.1, 0.15) is 0 Å². The van der Waals surface area contributed by atoms with E-state index in [2.05, 4.69) is 0 Å². The molecule has 5 heteroatoms. The monoisotopic (exact) mass is 163 g/mol. The van der Waals surface area contributed by atoms with Gasteiger partial charge in [0.1, 0.15) is 0 Å². The number of anilines is 1. The molecule has 0 heterocycles. The van der Waals surface area contributed by atoms with E-state index in [1.54, 1.807) is 20.2 Å². The summed E-state index contributed by atoms with van der Waals surface area (Å²) in [6.07, 6.45) is 0. The van der Waals surface area contributed by atoms with Crippen LogP contribution in [-0.4, -0.2) is 12.2 Å². The Bertz CT molecular complexity index is 314. The van der Waals surface area contributed by atoms with Gasteiger partial charge in [-0.1, -0.05) is 6.82 Å². The fourth-order valence-corrected chi connectivity index (χ4v) is 0.970. The Balaban J connectivity index is 3.20. The summed E-state index contributed by atoms with van der Waals surface area (Å²) in [6, 6.07) is 4.51. The zero-order valence-corrected chi connectivity index (χ0v) is 6.65. The highest BCUT2D eigenvalue weighted by Crippen LogP contribution is 2.09. The Hall–Kier alpha value is -1.52. The first-order chi connectivity index (χ1) is 5.65. The Labute approximate surface area is 70.8 Å². The minimum absolute atomic E-state index is 0.0895. The predicted octanol–water partition coefficient (Wildman–Crippen LogP) is 0.555. The van der Waals surface area contributed by atoms with Crippen LogP contribution in [0.3, 0.4) is 0 Å². The van der Waals surface area contributed by atoms with Crippen molar-refractivity contribution in [2.24, 2.45) is 0 Å². The van der Waals surface area contributed by atoms with Gasteiger partial charge in [0.25, 0.3) is 5.69 Å². The van der Waals surface area contributed by atoms with Crippen LogP contribution in [0.2, 0.25) is 6.82 Å². The number of nitrogens with two attached hydrogens (primary N) is 1. The predicted molar refractivity (Wildman–Crippen MR) is 48.8 cm³/mol. The zero-order valence-electron chi connectivity index (χ0n) is 6.65. The van der Waals surface area contributed by atoms with E-state index in [1.165, 1.54) is 12.1 Å². The Morgan fingerprint density at radius 3 is 2.75 bits per heavy atom. The molecular weight excluding hydrogens is 155 g/mol. The van der Waals surface area contributed by atoms with Crippen LogP contribution < -0.4 is 11.2 Å². The third-order valence-corrected chi connectivity index (χ3v) is 1.56. The molecule has 0 aliphatic rings. The molecule has 0 aromatic heterocycles. The summed E-state index contributed by atoms with van der Waals surface area (Å²) in [5.41, 5.74) is 6.64. The first kappa shape index (κ1) is 8.58. The van der Waals surface area contributed by atoms with E-state index in [-0.39, 0.29) is 5.69 Å². The number of benzene rings is 1. The average molecular weight is 163 g/mol. The van der Waals surface area contributed by atoms with Gasteiger partial charge in [0.05, 0.1) is 4.92 Å². The summed E-state index contributed by atoms with van der Waals surface area (Å²) in [7, 11) is 1.66. The van der Waals surface area contributed by atoms with Gasteiger partial charge >= 0.3 is 0 Å². The minimum Gasteiger partial charge on any atom is -0.399 e. The molecule has 1 rings (SSSR count). The van der Waals surface area contributed by atoms with Gasteiger partial charge in [-0.3, -0.25) is 10.1 Å². The number of rotatable bonds is 2. The van der Waals surface area contributed by atoms with Crippen LogP contribution in [0.25, 0.3) is 0 Å². The molecule has 0 aliphatic carbocycles. The fourth-order valence-electron chi connectivity index (χ4n) is 0.970. The first-order valence-corrected chi connectivity index (χ1v) is 3.48. The molecule has 0 saturated heterocycles. The smallest absolute Gasteiger partial charge is 0.263 e. The van der Waals surface area contributed by atoms with Crippen LogP contribution in [0.4, 0.5) is 11.4 Å². The van der Waals surface area contributed by atoms with E-state index < -0.39 is 4.92 Å². The normalized spacial score (nSPS) is 9.42. The molecule has 0 fully saturated rings. The van der Waals surface area contributed by atoms with E-state index in [1.807, 2.05) is 0 Å². The van der Waals surface area contributed by atoms with Crippen molar-refractivity contribution in [1.82, 2.24) is 0 Å². The van der Waals surface area contributed by atoms with Gasteiger partial charge in [0, 0.05) is 11.8 Å². The van der Waals surface area contributed by atoms with Crippen molar-refractivity contribution in [3.8, 4) is 0 Å². The largest absolute Gasteiger partial charge is 0.399 e. The SMILES string of the molecule is C[B]c1cc(N)ccc1[N+](=O)[O-]. The van der Waals surface area contributed by atoms with Crippen molar-refractivity contribution in [3.63, 3.8) is 0 Å². The number of nitro benzene ring substituents is 1. The molecule has 61 valence electrons. The highest BCUT2D eigenvalue weighted by molar-refractivity contribution is 6.53. The van der Waals surface area contributed by atoms with E-state index in [0.717, 1.165) is 0 Å². The first-order valence-electron chi connectivity index (χ1n) is 3.48. The second kappa shape index (κ2) is 3.25. The van der Waals surface area contributed by atoms with Gasteiger partial charge in [0.2, 0.25) is 0 Å². The minimum atomic E-state index is -0.422. The van der Waals surface area contributed by atoms with Crippen LogP contribution in [0, 0.1) is 10.1 Å². The zero-order chi connectivity index (χ0) is 9.14. The summed E-state index contributed by atoms with van der Waals surface area (Å²) in [5, 5.41) is 10.4. The molecule has 0 saturated carbocycles. The van der Waals surface area contributed by atoms with Crippen molar-refractivity contribution < 1.29 is 4.92 Å². The van der Waals surface area contributed by atoms with E-state index in [4.69, 9.17) is 5.73 Å². The average Bonchev–Trinajstić information content (AvgIpc) is 2.03. The molecule has 0 atom stereocenters. The Morgan fingerprint density at radius 2 is 2.25 bits per heavy atom. The number of nitro groups is 1. The molecule has 0 aliphatic heterocycles. The lowest BCUT2D eigenvalue weighted by Crippen LogP contribution is -2.16. The molecule has 0 unspecified atom stereocenters. The second-order valence-electron chi connectivity index (χ2n) is 2.36. The molecule has 1 aromatic rings. The maximum atomic E-state index is 10.4. The summed E-state index contributed by atoms with van der Waals surface area (Å²) in [5.74, 6) is 0. The summed E-state index contributed by atoms with van der Waals surface area (Å²) < 4.78 is 0. The second-order valence-corrected chi connectivity index (χ2v) is 2.36. The number of hydrogen-bond acceptors (Lipinski definition) is 3. The van der Waals surface area contributed by atoms with E-state index in [0.29, 0.717) is 11.2 Å². The van der Waals surface area contributed by atoms with E-state index >= 15 is 0 Å². The quantitative estimate of drug-likeness (QED) is 0.299. The molecule has 2 N–H and O–H groups in total. The summed E-state index contributed by atoms with van der Waals surface area (Å²) >= 11 is 0. The van der Waals surface area contributed by atoms with Crippen molar-refractivity contribution in [2.75, 3.05) is 5.73 Å². The van der Waals surface area contributed by atoms with E-state index in [9.17, 15) is 10.1 Å². The lowest BCUT2D eigenvalue weighted by molar-refractivity contribution is -0.383. The summed E-state index contributed by atoms with van der Waals surface area (Å²) in [6.45, 7) is 1.74. The molecule has 0 bridgehead atoms. The van der Waals surface area contributed by atoms with Crippen LogP contribution in [0.5, 0.6) is 0 Å². The van der Waals surface area contributed by atoms with Crippen molar-refractivity contribution in [2.45, 2.75) is 6.82 Å². The van der Waals surface area contributed by atoms with Crippen molar-refractivity contribution in [1.29, 1.82) is 0 Å². The van der Waals surface area contributed by atoms with Gasteiger partial charge < -0.3 is 5.73 Å². The number of nitrogens with zero attached hydrogens (tertiary/aromatic N) is 1. The van der Waals surface area contributed by atoms with Crippen molar-refractivity contribution in [3.05, 3.63) is 28.3 Å². The number of nitrogen functional groups attached to an aromatic ring is 1. The van der Waals surface area contributed by atoms with Crippen molar-refractivity contribution >= 4 is 24.1 Å². The molecule has 1 aromatic carbocycles. The van der Waals surface area contributed by atoms with Crippen LogP contribution >= 0.6 is 0 Å². The summed E-state index contributed by atoms with van der Waals surface area (Å²) in [4.78, 5) is 10.0. The Kier molecular flexibility index (Phi) is 2.33. The highest BCUT2D eigenvalue weighted by atomic mass is 16.6. The molecular formula is C7H8BN2O2. The van der Waals surface area contributed by atoms with Gasteiger partial charge in [-0.25, -0.2) is 0 Å². The molecule has 4 nitrogen and oxygen atoms in total. The highest BCUT2D eigenvalue weighted by Gasteiger charge is 2.11. The number of hydrogen-bond donors (Lipinski definition) is 1. The van der Waals surface area contributed by atoms with Gasteiger partial charge in [0.15, 0.2) is 7.28 Å². The fraction of sp³-hybridized carbons (Fsp3) is 0.143. The van der Waals surface area contributed by atoms with Gasteiger partial charge in [-0.05, 0) is 17.6 Å². The molecule has 0 spiro atoms. The lowest BCUT2D eigenvalue weighted by Gasteiger charge is -1.99. The molecule has 12 heavy (non-hydrogen) atoms. The van der Waals surface area contributed by atoms with Crippen LogP contribution in [0.15, 0.2) is 18.2 Å². The lowest BCUT2D eigenvalue weighted by atomic mass is 9.72. The third kappa shape index (κ3) is 1.55. The third-order valence-electron chi connectivity index (χ3n) is 1.56. The van der Waals surface area contributed by atoms with Gasteiger partial charge in [-0.2, -0.15) is 0 Å².